The molecule has 0 heterocycles. The molecule has 3 N–H and O–H groups in total. The molecule has 0 aliphatic carbocycles. The van der Waals surface area contributed by atoms with Crippen LogP contribution >= 0.6 is 0 Å². The van der Waals surface area contributed by atoms with Gasteiger partial charge in [-0.3, -0.25) is 5.84 Å². The van der Waals surface area contributed by atoms with Gasteiger partial charge in [-0.2, -0.15) is 0 Å². The van der Waals surface area contributed by atoms with Gasteiger partial charge in [-0.15, -0.1) is 0 Å². The van der Waals surface area contributed by atoms with Crippen molar-refractivity contribution in [3.63, 3.8) is 0 Å². The first-order chi connectivity index (χ1) is 4.52. The number of hydrogen-bond acceptors (Lipinski definition) is 2. The first-order valence-corrected chi connectivity index (χ1v) is 3.32. The van der Waals surface area contributed by atoms with Crippen LogP contribution in [0.15, 0.2) is 24.4 Å². The highest BCUT2D eigenvalue weighted by Crippen LogP contribution is 2.21. The van der Waals surface area contributed by atoms with Crippen molar-refractivity contribution in [2.75, 3.05) is 0 Å². The van der Waals surface area contributed by atoms with E-state index in [4.69, 9.17) is 5.84 Å². The molecule has 0 saturated heterocycles. The van der Waals surface area contributed by atoms with Crippen molar-refractivity contribution in [1.29, 1.82) is 0 Å². The molecule has 10 heavy (non-hydrogen) atoms. The molecule has 0 bridgehead atoms. The van der Waals surface area contributed by atoms with Gasteiger partial charge in [0, 0.05) is 11.1 Å². The molecule has 0 saturated carbocycles. The van der Waals surface area contributed by atoms with Crippen molar-refractivity contribution in [1.82, 2.24) is 5.43 Å². The van der Waals surface area contributed by atoms with Gasteiger partial charge in [-0.05, 0) is 6.08 Å². The normalized spacial score (nSPS) is 13.0. The standard InChI is InChI=1S/C8H16N2/c1-5-6-7(10-9)8(2,3)4/h5-6,10H,1,9H2,2-4H3/b7-6-. The van der Waals surface area contributed by atoms with Crippen LogP contribution in [0, 0.1) is 5.41 Å². The van der Waals surface area contributed by atoms with Crippen LogP contribution < -0.4 is 11.3 Å². The summed E-state index contributed by atoms with van der Waals surface area (Å²) in [6, 6.07) is 0. The van der Waals surface area contributed by atoms with Crippen LogP contribution in [0.2, 0.25) is 0 Å². The van der Waals surface area contributed by atoms with Gasteiger partial charge in [0.2, 0.25) is 0 Å². The summed E-state index contributed by atoms with van der Waals surface area (Å²) in [5.74, 6) is 5.28. The molecule has 0 radical (unpaired) electrons. The largest absolute Gasteiger partial charge is 0.328 e. The third-order valence-electron chi connectivity index (χ3n) is 1.25. The molecule has 0 fully saturated rings. The number of nitrogens with two attached hydrogens (primary N) is 1. The summed E-state index contributed by atoms with van der Waals surface area (Å²) < 4.78 is 0. The Morgan fingerprint density at radius 1 is 1.50 bits per heavy atom. The van der Waals surface area contributed by atoms with Crippen LogP contribution in [-0.4, -0.2) is 0 Å². The van der Waals surface area contributed by atoms with Crippen molar-refractivity contribution in [3.05, 3.63) is 24.4 Å². The summed E-state index contributed by atoms with van der Waals surface area (Å²) in [6.45, 7) is 9.85. The molecular formula is C8H16N2. The topological polar surface area (TPSA) is 38.0 Å². The summed E-state index contributed by atoms with van der Waals surface area (Å²) in [6.07, 6.45) is 3.60. The van der Waals surface area contributed by atoms with Gasteiger partial charge in [0.05, 0.1) is 0 Å². The number of rotatable bonds is 2. The van der Waals surface area contributed by atoms with E-state index in [-0.39, 0.29) is 5.41 Å². The monoisotopic (exact) mass is 140 g/mol. The Hall–Kier alpha value is -0.760. The number of nitrogens with one attached hydrogen (secondary N) is 1. The van der Waals surface area contributed by atoms with Crippen molar-refractivity contribution in [3.8, 4) is 0 Å². The molecule has 0 aromatic carbocycles. The number of hydrogen-bond donors (Lipinski definition) is 2. The maximum Gasteiger partial charge on any atom is 0.0312 e. The zero-order valence-electron chi connectivity index (χ0n) is 6.94. The average molecular weight is 140 g/mol. The van der Waals surface area contributed by atoms with E-state index in [1.165, 1.54) is 0 Å². The molecule has 0 aromatic heterocycles. The average Bonchev–Trinajstić information content (AvgIpc) is 1.80. The molecule has 0 amide bonds. The maximum atomic E-state index is 5.28. The first-order valence-electron chi connectivity index (χ1n) is 3.32. The minimum Gasteiger partial charge on any atom is -0.328 e. The lowest BCUT2D eigenvalue weighted by atomic mass is 9.92. The summed E-state index contributed by atoms with van der Waals surface area (Å²) in [5, 5.41) is 0. The molecule has 0 aliphatic heterocycles. The van der Waals surface area contributed by atoms with Crippen LogP contribution in [0.5, 0.6) is 0 Å². The van der Waals surface area contributed by atoms with Gasteiger partial charge in [0.25, 0.3) is 0 Å². The molecule has 0 rings (SSSR count). The third kappa shape index (κ3) is 2.69. The van der Waals surface area contributed by atoms with Crippen molar-refractivity contribution < 1.29 is 0 Å². The summed E-state index contributed by atoms with van der Waals surface area (Å²) in [5.41, 5.74) is 3.69. The maximum absolute atomic E-state index is 5.28. The Morgan fingerprint density at radius 2 is 2.00 bits per heavy atom. The van der Waals surface area contributed by atoms with E-state index >= 15 is 0 Å². The number of hydrazine groups is 1. The minimum atomic E-state index is 0.0724. The van der Waals surface area contributed by atoms with Gasteiger partial charge in [0.15, 0.2) is 0 Å². The molecule has 0 aromatic rings. The minimum absolute atomic E-state index is 0.0724. The Balaban J connectivity index is 4.35. The molecule has 0 atom stereocenters. The van der Waals surface area contributed by atoms with Gasteiger partial charge in [-0.1, -0.05) is 33.4 Å². The second-order valence-electron chi connectivity index (χ2n) is 3.21. The second-order valence-corrected chi connectivity index (χ2v) is 3.21. The van der Waals surface area contributed by atoms with Crippen LogP contribution in [-0.2, 0) is 0 Å². The number of allylic oxidation sites excluding steroid dienone is 3. The summed E-state index contributed by atoms with van der Waals surface area (Å²) >= 11 is 0. The SMILES string of the molecule is C=C/C=C(\NN)C(C)(C)C. The fourth-order valence-electron chi connectivity index (χ4n) is 0.632. The van der Waals surface area contributed by atoms with Crippen LogP contribution in [0.3, 0.4) is 0 Å². The fraction of sp³-hybridized carbons (Fsp3) is 0.500. The molecule has 58 valence electrons. The second kappa shape index (κ2) is 3.42. The predicted octanol–water partition coefficient (Wildman–Crippen LogP) is 1.57. The molecule has 2 nitrogen and oxygen atoms in total. The Morgan fingerprint density at radius 3 is 2.10 bits per heavy atom. The van der Waals surface area contributed by atoms with Crippen molar-refractivity contribution in [2.24, 2.45) is 11.3 Å². The summed E-state index contributed by atoms with van der Waals surface area (Å²) in [4.78, 5) is 0. The van der Waals surface area contributed by atoms with E-state index in [0.717, 1.165) is 5.70 Å². The zero-order valence-corrected chi connectivity index (χ0v) is 6.94. The van der Waals surface area contributed by atoms with E-state index in [1.807, 2.05) is 6.08 Å². The van der Waals surface area contributed by atoms with Gasteiger partial charge in [-0.25, -0.2) is 0 Å². The quantitative estimate of drug-likeness (QED) is 0.347. The van der Waals surface area contributed by atoms with Crippen molar-refractivity contribution >= 4 is 0 Å². The smallest absolute Gasteiger partial charge is 0.0312 e. The molecule has 2 heteroatoms. The highest BCUT2D eigenvalue weighted by Gasteiger charge is 2.14. The zero-order chi connectivity index (χ0) is 8.20. The van der Waals surface area contributed by atoms with Crippen LogP contribution in [0.4, 0.5) is 0 Å². The lowest BCUT2D eigenvalue weighted by molar-refractivity contribution is 0.464. The molecule has 0 spiro atoms. The Labute approximate surface area is 62.8 Å². The van der Waals surface area contributed by atoms with Gasteiger partial charge >= 0.3 is 0 Å². The molecular weight excluding hydrogens is 124 g/mol. The molecule has 0 aliphatic rings. The Bertz CT molecular complexity index is 140. The predicted molar refractivity (Wildman–Crippen MR) is 45.1 cm³/mol. The van der Waals surface area contributed by atoms with Crippen LogP contribution in [0.25, 0.3) is 0 Å². The fourth-order valence-corrected chi connectivity index (χ4v) is 0.632. The van der Waals surface area contributed by atoms with E-state index in [2.05, 4.69) is 32.8 Å². The van der Waals surface area contributed by atoms with Crippen LogP contribution in [0.1, 0.15) is 20.8 Å². The third-order valence-corrected chi connectivity index (χ3v) is 1.25. The van der Waals surface area contributed by atoms with Gasteiger partial charge in [0.1, 0.15) is 0 Å². The van der Waals surface area contributed by atoms with Gasteiger partial charge < -0.3 is 5.43 Å². The lowest BCUT2D eigenvalue weighted by Crippen LogP contribution is -2.29. The van der Waals surface area contributed by atoms with E-state index in [1.54, 1.807) is 6.08 Å². The Kier molecular flexibility index (Phi) is 3.16. The highest BCUT2D eigenvalue weighted by atomic mass is 15.2. The van der Waals surface area contributed by atoms with E-state index in [0.29, 0.717) is 0 Å². The summed E-state index contributed by atoms with van der Waals surface area (Å²) in [7, 11) is 0. The first kappa shape index (κ1) is 9.24. The molecule has 0 unspecified atom stereocenters. The lowest BCUT2D eigenvalue weighted by Gasteiger charge is -2.21. The van der Waals surface area contributed by atoms with Crippen molar-refractivity contribution in [2.45, 2.75) is 20.8 Å². The van der Waals surface area contributed by atoms with E-state index < -0.39 is 0 Å². The highest BCUT2D eigenvalue weighted by molar-refractivity contribution is 5.13. The van der Waals surface area contributed by atoms with E-state index in [9.17, 15) is 0 Å².